The number of hydrogen-bond acceptors (Lipinski definition) is 4. The minimum atomic E-state index is -0.336. The molecule has 3 aromatic rings. The van der Waals surface area contributed by atoms with E-state index in [9.17, 15) is 9.18 Å². The number of nitrogens with zero attached hydrogens (tertiary/aromatic N) is 2. The van der Waals surface area contributed by atoms with E-state index in [1.54, 1.807) is 44.9 Å². The molecule has 3 rings (SSSR count). The molecule has 0 atom stereocenters. The highest BCUT2D eigenvalue weighted by atomic mass is 19.1. The van der Waals surface area contributed by atoms with E-state index in [0.29, 0.717) is 28.2 Å². The fourth-order valence-electron chi connectivity index (χ4n) is 2.85. The lowest BCUT2D eigenvalue weighted by atomic mass is 9.99. The monoisotopic (exact) mass is 326 g/mol. The summed E-state index contributed by atoms with van der Waals surface area (Å²) in [5.74, 6) is 0.359. The molecule has 0 fully saturated rings. The van der Waals surface area contributed by atoms with Gasteiger partial charge in [0.15, 0.2) is 0 Å². The summed E-state index contributed by atoms with van der Waals surface area (Å²) < 4.78 is 15.5. The summed E-state index contributed by atoms with van der Waals surface area (Å²) >= 11 is 0. The van der Waals surface area contributed by atoms with Crippen LogP contribution in [0.5, 0.6) is 0 Å². The number of aromatic nitrogens is 2. The smallest absolute Gasteiger partial charge is 0.258 e. The summed E-state index contributed by atoms with van der Waals surface area (Å²) in [7, 11) is 5.16. The molecule has 0 radical (unpaired) electrons. The normalized spacial score (nSPS) is 10.9. The number of aryl methyl sites for hydroxylation is 2. The summed E-state index contributed by atoms with van der Waals surface area (Å²) in [6, 6.07) is 6.75. The van der Waals surface area contributed by atoms with Crippen LogP contribution in [0.2, 0.25) is 0 Å². The minimum Gasteiger partial charge on any atom is -0.386 e. The van der Waals surface area contributed by atoms with Crippen LogP contribution in [0, 0.1) is 12.7 Å². The lowest BCUT2D eigenvalue weighted by Crippen LogP contribution is -2.19. The topological polar surface area (TPSA) is 59.0 Å². The van der Waals surface area contributed by atoms with E-state index in [1.165, 1.54) is 6.07 Å². The third-order valence-electron chi connectivity index (χ3n) is 4.24. The highest BCUT2D eigenvalue weighted by Gasteiger charge is 2.14. The fraction of sp³-hybridized carbons (Fsp3) is 0.222. The molecule has 1 aromatic carbocycles. The molecule has 2 aromatic heterocycles. The van der Waals surface area contributed by atoms with E-state index in [2.05, 4.69) is 15.6 Å². The zero-order valence-electron chi connectivity index (χ0n) is 14.1. The summed E-state index contributed by atoms with van der Waals surface area (Å²) in [4.78, 5) is 17.1. The van der Waals surface area contributed by atoms with Crippen molar-refractivity contribution in [2.24, 2.45) is 7.05 Å². The molecule has 24 heavy (non-hydrogen) atoms. The number of halogens is 1. The van der Waals surface area contributed by atoms with Crippen molar-refractivity contribution < 1.29 is 4.39 Å². The Morgan fingerprint density at radius 2 is 1.83 bits per heavy atom. The Morgan fingerprint density at radius 1 is 1.08 bits per heavy atom. The molecular formula is C18H19FN4O. The molecule has 5 nitrogen and oxygen atoms in total. The summed E-state index contributed by atoms with van der Waals surface area (Å²) in [5, 5.41) is 6.63. The number of fused-ring (bicyclic) bond motifs is 1. The summed E-state index contributed by atoms with van der Waals surface area (Å²) in [6.07, 6.45) is 1.72. The minimum absolute atomic E-state index is 0.132. The van der Waals surface area contributed by atoms with Crippen molar-refractivity contribution in [1.29, 1.82) is 0 Å². The van der Waals surface area contributed by atoms with Crippen LogP contribution < -0.4 is 16.2 Å². The number of rotatable bonds is 3. The van der Waals surface area contributed by atoms with Gasteiger partial charge in [-0.05, 0) is 36.2 Å². The maximum absolute atomic E-state index is 13.9. The predicted octanol–water partition coefficient (Wildman–Crippen LogP) is 3.13. The molecule has 0 bridgehead atoms. The maximum Gasteiger partial charge on any atom is 0.258 e. The summed E-state index contributed by atoms with van der Waals surface area (Å²) in [6.45, 7) is 1.80. The largest absolute Gasteiger partial charge is 0.386 e. The van der Waals surface area contributed by atoms with Gasteiger partial charge < -0.3 is 15.2 Å². The van der Waals surface area contributed by atoms with Gasteiger partial charge in [0.05, 0.1) is 11.2 Å². The van der Waals surface area contributed by atoms with Crippen molar-refractivity contribution in [3.63, 3.8) is 0 Å². The molecule has 0 aliphatic heterocycles. The van der Waals surface area contributed by atoms with Gasteiger partial charge in [0, 0.05) is 44.4 Å². The van der Waals surface area contributed by atoms with E-state index in [0.717, 1.165) is 10.9 Å². The molecule has 0 amide bonds. The van der Waals surface area contributed by atoms with Crippen molar-refractivity contribution in [1.82, 2.24) is 9.55 Å². The van der Waals surface area contributed by atoms with Crippen LogP contribution in [0.15, 0.2) is 35.3 Å². The average Bonchev–Trinajstić information content (AvgIpc) is 2.58. The first kappa shape index (κ1) is 16.0. The maximum atomic E-state index is 13.9. The van der Waals surface area contributed by atoms with Crippen LogP contribution in [0.25, 0.3) is 22.0 Å². The molecule has 2 N–H and O–H groups in total. The van der Waals surface area contributed by atoms with E-state index >= 15 is 0 Å². The van der Waals surface area contributed by atoms with Gasteiger partial charge in [-0.25, -0.2) is 9.37 Å². The number of nitrogens with one attached hydrogen (secondary N) is 2. The van der Waals surface area contributed by atoms with E-state index in [1.807, 2.05) is 12.1 Å². The van der Waals surface area contributed by atoms with Crippen molar-refractivity contribution in [3.05, 3.63) is 52.2 Å². The average molecular weight is 326 g/mol. The third kappa shape index (κ3) is 2.50. The van der Waals surface area contributed by atoms with E-state index < -0.39 is 0 Å². The molecule has 0 saturated carbocycles. The molecule has 2 heterocycles. The van der Waals surface area contributed by atoms with Crippen molar-refractivity contribution in [2.45, 2.75) is 6.92 Å². The third-order valence-corrected chi connectivity index (χ3v) is 4.24. The molecule has 0 saturated heterocycles. The number of hydrogen-bond donors (Lipinski definition) is 2. The van der Waals surface area contributed by atoms with Crippen molar-refractivity contribution in [2.75, 3.05) is 24.7 Å². The zero-order chi connectivity index (χ0) is 17.4. The second-order valence-electron chi connectivity index (χ2n) is 5.70. The van der Waals surface area contributed by atoms with Crippen LogP contribution in [-0.4, -0.2) is 23.6 Å². The van der Waals surface area contributed by atoms with Crippen molar-refractivity contribution >= 4 is 22.4 Å². The lowest BCUT2D eigenvalue weighted by molar-refractivity contribution is 0.630. The Labute approximate surface area is 139 Å². The molecular weight excluding hydrogens is 307 g/mol. The van der Waals surface area contributed by atoms with Crippen LogP contribution in [0.4, 0.5) is 15.9 Å². The quantitative estimate of drug-likeness (QED) is 0.776. The first-order chi connectivity index (χ1) is 11.5. The number of anilines is 2. The number of benzene rings is 1. The van der Waals surface area contributed by atoms with E-state index in [-0.39, 0.29) is 11.4 Å². The van der Waals surface area contributed by atoms with Gasteiger partial charge in [-0.15, -0.1) is 0 Å². The predicted molar refractivity (Wildman–Crippen MR) is 96.2 cm³/mol. The van der Waals surface area contributed by atoms with Gasteiger partial charge in [0.25, 0.3) is 5.56 Å². The molecule has 0 unspecified atom stereocenters. The van der Waals surface area contributed by atoms with Gasteiger partial charge in [0.1, 0.15) is 11.6 Å². The van der Waals surface area contributed by atoms with Crippen molar-refractivity contribution in [3.8, 4) is 11.1 Å². The molecule has 0 aliphatic carbocycles. The van der Waals surface area contributed by atoms with Gasteiger partial charge in [-0.2, -0.15) is 0 Å². The van der Waals surface area contributed by atoms with Crippen LogP contribution >= 0.6 is 0 Å². The summed E-state index contributed by atoms with van der Waals surface area (Å²) in [5.41, 5.74) is 2.97. The zero-order valence-corrected chi connectivity index (χ0v) is 14.1. The molecule has 0 aliphatic rings. The van der Waals surface area contributed by atoms with Gasteiger partial charge in [-0.1, -0.05) is 0 Å². The number of pyridine rings is 2. The van der Waals surface area contributed by atoms with Crippen LogP contribution in [-0.2, 0) is 7.05 Å². The highest BCUT2D eigenvalue weighted by Crippen LogP contribution is 2.28. The SMILES string of the molecule is CNc1cc2c(cn1)cc(-c1cc(NC)c(F)cc1C)c(=O)n2C. The Hall–Kier alpha value is -2.89. The second kappa shape index (κ2) is 5.96. The second-order valence-corrected chi connectivity index (χ2v) is 5.70. The van der Waals surface area contributed by atoms with Crippen LogP contribution in [0.1, 0.15) is 5.56 Å². The fourth-order valence-corrected chi connectivity index (χ4v) is 2.85. The molecule has 6 heteroatoms. The lowest BCUT2D eigenvalue weighted by Gasteiger charge is -2.13. The highest BCUT2D eigenvalue weighted by molar-refractivity contribution is 5.86. The standard InChI is InChI=1S/C18H19FN4O/c1-10-5-14(19)15(20-2)7-12(10)13-6-11-9-22-17(21-3)8-16(11)23(4)18(13)24/h5-9,20H,1-4H3,(H,21,22). The first-order valence-corrected chi connectivity index (χ1v) is 7.62. The molecule has 124 valence electrons. The van der Waals surface area contributed by atoms with Gasteiger partial charge in [0.2, 0.25) is 0 Å². The Bertz CT molecular complexity index is 994. The Balaban J connectivity index is 2.32. The van der Waals surface area contributed by atoms with Gasteiger partial charge in [-0.3, -0.25) is 4.79 Å². The Morgan fingerprint density at radius 3 is 2.50 bits per heavy atom. The first-order valence-electron chi connectivity index (χ1n) is 7.62. The van der Waals surface area contributed by atoms with Crippen LogP contribution in [0.3, 0.4) is 0 Å². The molecule has 0 spiro atoms. The van der Waals surface area contributed by atoms with E-state index in [4.69, 9.17) is 0 Å². The Kier molecular flexibility index (Phi) is 3.97. The van der Waals surface area contributed by atoms with Gasteiger partial charge >= 0.3 is 0 Å².